The van der Waals surface area contributed by atoms with E-state index in [9.17, 15) is 9.90 Å². The molecule has 0 spiro atoms. The first kappa shape index (κ1) is 11.2. The van der Waals surface area contributed by atoms with Crippen molar-refractivity contribution in [3.05, 3.63) is 23.7 Å². The third kappa shape index (κ3) is 1.37. The Labute approximate surface area is 94.2 Å². The van der Waals surface area contributed by atoms with Gasteiger partial charge in [-0.25, -0.2) is 0 Å². The second-order valence-corrected chi connectivity index (χ2v) is 4.97. The number of methoxy groups -OCH3 is 1. The molecule has 1 aromatic rings. The summed E-state index contributed by atoms with van der Waals surface area (Å²) in [6, 6.07) is 3.52. The zero-order chi connectivity index (χ0) is 12.0. The smallest absolute Gasteiger partial charge is 0.317 e. The summed E-state index contributed by atoms with van der Waals surface area (Å²) in [5.74, 6) is 0.397. The van der Waals surface area contributed by atoms with Crippen LogP contribution in [0.15, 0.2) is 16.5 Å². The highest BCUT2D eigenvalue weighted by Crippen LogP contribution is 2.64. The van der Waals surface area contributed by atoms with E-state index in [1.807, 2.05) is 13.8 Å². The minimum atomic E-state index is -0.848. The summed E-state index contributed by atoms with van der Waals surface area (Å²) in [7, 11) is 1.58. The lowest BCUT2D eigenvalue weighted by Gasteiger charge is -2.12. The Morgan fingerprint density at radius 3 is 2.62 bits per heavy atom. The summed E-state index contributed by atoms with van der Waals surface area (Å²) >= 11 is 0. The summed E-state index contributed by atoms with van der Waals surface area (Å²) in [5.41, 5.74) is -1.08. The highest BCUT2D eigenvalue weighted by molar-refractivity contribution is 5.86. The molecular weight excluding hydrogens is 208 g/mol. The van der Waals surface area contributed by atoms with Crippen molar-refractivity contribution in [2.45, 2.75) is 32.3 Å². The molecule has 0 aromatic carbocycles. The molecule has 2 rings (SSSR count). The van der Waals surface area contributed by atoms with Crippen LogP contribution in [0.1, 0.15) is 31.8 Å². The maximum absolute atomic E-state index is 11.4. The van der Waals surface area contributed by atoms with Gasteiger partial charge in [0.1, 0.15) is 23.5 Å². The van der Waals surface area contributed by atoms with Gasteiger partial charge in [-0.15, -0.1) is 0 Å². The summed E-state index contributed by atoms with van der Waals surface area (Å²) in [4.78, 5) is 11.4. The SMILES string of the molecule is COCc1ccc(C2(C(=O)O)CC2(C)C)o1. The molecule has 4 heteroatoms. The second-order valence-electron chi connectivity index (χ2n) is 4.97. The lowest BCUT2D eigenvalue weighted by molar-refractivity contribution is -0.141. The predicted molar refractivity (Wildman–Crippen MR) is 57.1 cm³/mol. The molecule has 1 heterocycles. The number of rotatable bonds is 4. The van der Waals surface area contributed by atoms with Crippen molar-refractivity contribution in [2.75, 3.05) is 7.11 Å². The van der Waals surface area contributed by atoms with Gasteiger partial charge >= 0.3 is 5.97 Å². The average Bonchev–Trinajstić information content (AvgIpc) is 2.59. The van der Waals surface area contributed by atoms with E-state index in [0.29, 0.717) is 24.5 Å². The lowest BCUT2D eigenvalue weighted by atomic mass is 9.93. The number of carboxylic acid groups (broad SMARTS) is 1. The summed E-state index contributed by atoms with van der Waals surface area (Å²) < 4.78 is 10.5. The molecule has 1 saturated carbocycles. The Bertz CT molecular complexity index is 418. The minimum absolute atomic E-state index is 0.235. The number of hydrogen-bond acceptors (Lipinski definition) is 3. The summed E-state index contributed by atoms with van der Waals surface area (Å²) in [6.07, 6.45) is 0.620. The standard InChI is InChI=1S/C12H16O4/c1-11(2)7-12(11,10(13)14)9-5-4-8(16-9)6-15-3/h4-5H,6-7H2,1-3H3,(H,13,14). The topological polar surface area (TPSA) is 59.7 Å². The molecule has 88 valence electrons. The van der Waals surface area contributed by atoms with Gasteiger partial charge in [0.25, 0.3) is 0 Å². The highest BCUT2D eigenvalue weighted by Gasteiger charge is 2.69. The number of ether oxygens (including phenoxy) is 1. The van der Waals surface area contributed by atoms with E-state index in [2.05, 4.69) is 0 Å². The van der Waals surface area contributed by atoms with Crippen molar-refractivity contribution >= 4 is 5.97 Å². The minimum Gasteiger partial charge on any atom is -0.480 e. The van der Waals surface area contributed by atoms with Gasteiger partial charge in [-0.1, -0.05) is 13.8 Å². The van der Waals surface area contributed by atoms with Crippen molar-refractivity contribution in [3.63, 3.8) is 0 Å². The van der Waals surface area contributed by atoms with E-state index in [1.165, 1.54) is 0 Å². The van der Waals surface area contributed by atoms with Gasteiger partial charge in [0, 0.05) is 7.11 Å². The molecule has 0 saturated heterocycles. The number of hydrogen-bond donors (Lipinski definition) is 1. The molecule has 1 N–H and O–H groups in total. The first-order valence-electron chi connectivity index (χ1n) is 5.25. The molecule has 16 heavy (non-hydrogen) atoms. The number of carboxylic acids is 1. The molecular formula is C12H16O4. The van der Waals surface area contributed by atoms with E-state index in [4.69, 9.17) is 9.15 Å². The number of furan rings is 1. The van der Waals surface area contributed by atoms with Crippen LogP contribution in [0, 0.1) is 5.41 Å². The van der Waals surface area contributed by atoms with Gasteiger partial charge in [0.05, 0.1) is 0 Å². The van der Waals surface area contributed by atoms with E-state index in [1.54, 1.807) is 19.2 Å². The van der Waals surface area contributed by atoms with Crippen LogP contribution in [0.2, 0.25) is 0 Å². The molecule has 0 aliphatic heterocycles. The zero-order valence-electron chi connectivity index (χ0n) is 9.74. The quantitative estimate of drug-likeness (QED) is 0.851. The lowest BCUT2D eigenvalue weighted by Crippen LogP contribution is -2.24. The molecule has 1 aromatic heterocycles. The first-order chi connectivity index (χ1) is 7.44. The van der Waals surface area contributed by atoms with Crippen molar-refractivity contribution in [1.82, 2.24) is 0 Å². The summed E-state index contributed by atoms with van der Waals surface area (Å²) in [5, 5.41) is 9.34. The Kier molecular flexibility index (Phi) is 2.35. The molecule has 0 bridgehead atoms. The normalized spacial score (nSPS) is 26.7. The van der Waals surface area contributed by atoms with Crippen LogP contribution >= 0.6 is 0 Å². The molecule has 1 unspecified atom stereocenters. The maximum atomic E-state index is 11.4. The van der Waals surface area contributed by atoms with Gasteiger partial charge in [0.15, 0.2) is 0 Å². The van der Waals surface area contributed by atoms with Crippen LogP contribution in [0.4, 0.5) is 0 Å². The number of carbonyl (C=O) groups is 1. The van der Waals surface area contributed by atoms with E-state index in [-0.39, 0.29) is 5.41 Å². The number of aliphatic carboxylic acids is 1. The molecule has 1 atom stereocenters. The van der Waals surface area contributed by atoms with Crippen LogP contribution in [-0.4, -0.2) is 18.2 Å². The zero-order valence-corrected chi connectivity index (χ0v) is 9.74. The van der Waals surface area contributed by atoms with Crippen LogP contribution in [0.5, 0.6) is 0 Å². The first-order valence-corrected chi connectivity index (χ1v) is 5.25. The van der Waals surface area contributed by atoms with Gasteiger partial charge in [-0.05, 0) is 24.0 Å². The molecule has 4 nitrogen and oxygen atoms in total. The van der Waals surface area contributed by atoms with Gasteiger partial charge in [-0.3, -0.25) is 4.79 Å². The third-order valence-electron chi connectivity index (χ3n) is 3.47. The Balaban J connectivity index is 2.32. The Hall–Kier alpha value is -1.29. The fourth-order valence-electron chi connectivity index (χ4n) is 2.34. The van der Waals surface area contributed by atoms with Crippen LogP contribution in [0.3, 0.4) is 0 Å². The maximum Gasteiger partial charge on any atom is 0.317 e. The van der Waals surface area contributed by atoms with Crippen molar-refractivity contribution in [2.24, 2.45) is 5.41 Å². The van der Waals surface area contributed by atoms with E-state index >= 15 is 0 Å². The van der Waals surface area contributed by atoms with Crippen LogP contribution < -0.4 is 0 Å². The monoisotopic (exact) mass is 224 g/mol. The molecule has 1 aliphatic rings. The van der Waals surface area contributed by atoms with Crippen molar-refractivity contribution < 1.29 is 19.1 Å². The fourth-order valence-corrected chi connectivity index (χ4v) is 2.34. The van der Waals surface area contributed by atoms with Gasteiger partial charge < -0.3 is 14.3 Å². The van der Waals surface area contributed by atoms with Gasteiger partial charge in [0.2, 0.25) is 0 Å². The van der Waals surface area contributed by atoms with E-state index in [0.717, 1.165) is 0 Å². The Morgan fingerprint density at radius 2 is 2.19 bits per heavy atom. The predicted octanol–water partition coefficient (Wildman–Crippen LogP) is 2.18. The third-order valence-corrected chi connectivity index (χ3v) is 3.47. The summed E-state index contributed by atoms with van der Waals surface area (Å²) in [6.45, 7) is 4.26. The largest absolute Gasteiger partial charge is 0.480 e. The second kappa shape index (κ2) is 3.35. The van der Waals surface area contributed by atoms with Crippen LogP contribution in [0.25, 0.3) is 0 Å². The molecule has 1 aliphatic carbocycles. The Morgan fingerprint density at radius 1 is 1.56 bits per heavy atom. The van der Waals surface area contributed by atoms with Crippen molar-refractivity contribution in [3.8, 4) is 0 Å². The highest BCUT2D eigenvalue weighted by atomic mass is 16.5. The van der Waals surface area contributed by atoms with Crippen molar-refractivity contribution in [1.29, 1.82) is 0 Å². The molecule has 1 fully saturated rings. The van der Waals surface area contributed by atoms with Gasteiger partial charge in [-0.2, -0.15) is 0 Å². The van der Waals surface area contributed by atoms with E-state index < -0.39 is 11.4 Å². The molecule has 0 radical (unpaired) electrons. The van der Waals surface area contributed by atoms with Crippen LogP contribution in [-0.2, 0) is 21.6 Å². The molecule has 0 amide bonds. The average molecular weight is 224 g/mol. The fraction of sp³-hybridized carbons (Fsp3) is 0.583.